The second-order valence-electron chi connectivity index (χ2n) is 2.61. The molecule has 14 heavy (non-hydrogen) atoms. The van der Waals surface area contributed by atoms with Gasteiger partial charge < -0.3 is 0 Å². The Morgan fingerprint density at radius 3 is 2.93 bits per heavy atom. The van der Waals surface area contributed by atoms with Crippen LogP contribution in [0.15, 0.2) is 20.3 Å². The third-order valence-electron chi connectivity index (χ3n) is 1.47. The molecule has 0 saturated heterocycles. The fourth-order valence-corrected chi connectivity index (χ4v) is 4.22. The fraction of sp³-hybridized carbons (Fsp3) is 0.250. The van der Waals surface area contributed by atoms with Gasteiger partial charge in [-0.1, -0.05) is 23.1 Å². The minimum Gasteiger partial charge on any atom is -0.147 e. The van der Waals surface area contributed by atoms with Gasteiger partial charge in [0.1, 0.15) is 5.01 Å². The topological polar surface area (TPSA) is 25.8 Å². The molecule has 0 bridgehead atoms. The van der Waals surface area contributed by atoms with Crippen molar-refractivity contribution >= 4 is 50.4 Å². The number of halogens is 1. The highest BCUT2D eigenvalue weighted by atomic mass is 79.9. The van der Waals surface area contributed by atoms with Crippen LogP contribution >= 0.6 is 50.4 Å². The molecule has 2 rings (SSSR count). The summed E-state index contributed by atoms with van der Waals surface area (Å²) < 4.78 is 2.21. The zero-order valence-electron chi connectivity index (χ0n) is 7.36. The molecule has 0 aliphatic carbocycles. The molecule has 2 aromatic rings. The van der Waals surface area contributed by atoms with Gasteiger partial charge in [-0.3, -0.25) is 0 Å². The number of rotatable bonds is 3. The van der Waals surface area contributed by atoms with E-state index >= 15 is 0 Å². The van der Waals surface area contributed by atoms with Crippen molar-refractivity contribution in [1.82, 2.24) is 10.2 Å². The Morgan fingerprint density at radius 1 is 1.50 bits per heavy atom. The molecule has 0 radical (unpaired) electrons. The Balaban J connectivity index is 1.94. The highest BCUT2D eigenvalue weighted by molar-refractivity contribution is 9.10. The first-order chi connectivity index (χ1) is 6.74. The van der Waals surface area contributed by atoms with Crippen molar-refractivity contribution in [3.8, 4) is 0 Å². The van der Waals surface area contributed by atoms with E-state index in [4.69, 9.17) is 0 Å². The van der Waals surface area contributed by atoms with Crippen molar-refractivity contribution in [1.29, 1.82) is 0 Å². The molecule has 0 aliphatic rings. The normalized spacial score (nSPS) is 10.7. The summed E-state index contributed by atoms with van der Waals surface area (Å²) >= 11 is 8.59. The maximum atomic E-state index is 4.06. The van der Waals surface area contributed by atoms with Gasteiger partial charge >= 0.3 is 0 Å². The molecule has 0 amide bonds. The Hall–Kier alpha value is 0.0900. The van der Waals surface area contributed by atoms with E-state index in [1.165, 1.54) is 4.88 Å². The summed E-state index contributed by atoms with van der Waals surface area (Å²) in [6.07, 6.45) is 0. The third-order valence-corrected chi connectivity index (χ3v) is 5.37. The standard InChI is InChI=1S/C8H7BrN2S3/c1-5-10-11-8(14-5)13-4-7-2-6(9)3-12-7/h2-3H,4H2,1H3. The number of aromatic nitrogens is 2. The third kappa shape index (κ3) is 2.79. The van der Waals surface area contributed by atoms with Crippen LogP contribution in [0, 0.1) is 6.92 Å². The maximum Gasteiger partial charge on any atom is 0.174 e. The number of thiophene rings is 1. The summed E-state index contributed by atoms with van der Waals surface area (Å²) in [5.41, 5.74) is 0. The zero-order valence-corrected chi connectivity index (χ0v) is 11.4. The van der Waals surface area contributed by atoms with Crippen LogP contribution in [-0.4, -0.2) is 10.2 Å². The second kappa shape index (κ2) is 4.74. The maximum absolute atomic E-state index is 4.06. The summed E-state index contributed by atoms with van der Waals surface area (Å²) in [5, 5.41) is 11.2. The lowest BCUT2D eigenvalue weighted by Gasteiger charge is -1.91. The van der Waals surface area contributed by atoms with E-state index in [2.05, 4.69) is 37.6 Å². The van der Waals surface area contributed by atoms with E-state index in [1.807, 2.05) is 6.92 Å². The minimum atomic E-state index is 0.977. The molecule has 2 aromatic heterocycles. The minimum absolute atomic E-state index is 0.977. The van der Waals surface area contributed by atoms with Gasteiger partial charge in [-0.2, -0.15) is 0 Å². The first kappa shape index (κ1) is 10.6. The molecule has 0 atom stereocenters. The molecular weight excluding hydrogens is 300 g/mol. The molecule has 0 saturated carbocycles. The summed E-state index contributed by atoms with van der Waals surface area (Å²) in [4.78, 5) is 1.36. The highest BCUT2D eigenvalue weighted by Crippen LogP contribution is 2.29. The summed E-state index contributed by atoms with van der Waals surface area (Å²) in [6.45, 7) is 1.98. The number of aryl methyl sites for hydroxylation is 1. The number of hydrogen-bond acceptors (Lipinski definition) is 5. The van der Waals surface area contributed by atoms with Gasteiger partial charge in [0.2, 0.25) is 0 Å². The number of thioether (sulfide) groups is 1. The summed E-state index contributed by atoms with van der Waals surface area (Å²) in [6, 6.07) is 2.14. The smallest absolute Gasteiger partial charge is 0.147 e. The summed E-state index contributed by atoms with van der Waals surface area (Å²) in [7, 11) is 0. The molecule has 0 fully saturated rings. The predicted octanol–water partition coefficient (Wildman–Crippen LogP) is 3.96. The van der Waals surface area contributed by atoms with E-state index < -0.39 is 0 Å². The monoisotopic (exact) mass is 306 g/mol. The molecule has 2 heterocycles. The lowest BCUT2D eigenvalue weighted by atomic mass is 10.5. The molecule has 0 N–H and O–H groups in total. The lowest BCUT2D eigenvalue weighted by Crippen LogP contribution is -1.73. The van der Waals surface area contributed by atoms with Gasteiger partial charge in [-0.15, -0.1) is 21.5 Å². The Bertz CT molecular complexity index is 383. The van der Waals surface area contributed by atoms with Crippen LogP contribution in [0.1, 0.15) is 9.88 Å². The van der Waals surface area contributed by atoms with Gasteiger partial charge in [0.25, 0.3) is 0 Å². The quantitative estimate of drug-likeness (QED) is 0.803. The predicted molar refractivity (Wildman–Crippen MR) is 66.2 cm³/mol. The van der Waals surface area contributed by atoms with E-state index in [-0.39, 0.29) is 0 Å². The average Bonchev–Trinajstić information content (AvgIpc) is 2.72. The van der Waals surface area contributed by atoms with E-state index in [0.717, 1.165) is 19.6 Å². The molecule has 2 nitrogen and oxygen atoms in total. The first-order valence-electron chi connectivity index (χ1n) is 3.90. The largest absolute Gasteiger partial charge is 0.174 e. The SMILES string of the molecule is Cc1nnc(SCc2cc(Br)cs2)s1. The van der Waals surface area contributed by atoms with Gasteiger partial charge in [0, 0.05) is 20.5 Å². The molecule has 74 valence electrons. The van der Waals surface area contributed by atoms with Crippen molar-refractivity contribution in [2.45, 2.75) is 17.0 Å². The van der Waals surface area contributed by atoms with Crippen LogP contribution in [0.25, 0.3) is 0 Å². The van der Waals surface area contributed by atoms with Crippen molar-refractivity contribution in [3.63, 3.8) is 0 Å². The van der Waals surface area contributed by atoms with Crippen molar-refractivity contribution in [3.05, 3.63) is 25.8 Å². The van der Waals surface area contributed by atoms with Crippen molar-refractivity contribution in [2.24, 2.45) is 0 Å². The van der Waals surface area contributed by atoms with Crippen LogP contribution in [-0.2, 0) is 5.75 Å². The van der Waals surface area contributed by atoms with E-state index in [9.17, 15) is 0 Å². The van der Waals surface area contributed by atoms with E-state index in [0.29, 0.717) is 0 Å². The van der Waals surface area contributed by atoms with Crippen LogP contribution in [0.3, 0.4) is 0 Å². The summed E-state index contributed by atoms with van der Waals surface area (Å²) in [5.74, 6) is 0.977. The first-order valence-corrected chi connectivity index (χ1v) is 7.37. The van der Waals surface area contributed by atoms with Crippen LogP contribution in [0.5, 0.6) is 0 Å². The average molecular weight is 307 g/mol. The van der Waals surface area contributed by atoms with Crippen molar-refractivity contribution in [2.75, 3.05) is 0 Å². The van der Waals surface area contributed by atoms with Crippen molar-refractivity contribution < 1.29 is 0 Å². The molecule has 0 aromatic carbocycles. The highest BCUT2D eigenvalue weighted by Gasteiger charge is 2.03. The Labute approximate surface area is 103 Å². The molecule has 0 spiro atoms. The second-order valence-corrected chi connectivity index (χ2v) is 6.92. The molecule has 6 heteroatoms. The lowest BCUT2D eigenvalue weighted by molar-refractivity contribution is 0.984. The van der Waals surface area contributed by atoms with Gasteiger partial charge in [-0.05, 0) is 28.9 Å². The van der Waals surface area contributed by atoms with Crippen LogP contribution < -0.4 is 0 Å². The Morgan fingerprint density at radius 2 is 2.36 bits per heavy atom. The van der Waals surface area contributed by atoms with Crippen LogP contribution in [0.2, 0.25) is 0 Å². The fourth-order valence-electron chi connectivity index (χ4n) is 0.899. The van der Waals surface area contributed by atoms with Crippen LogP contribution in [0.4, 0.5) is 0 Å². The zero-order chi connectivity index (χ0) is 9.97. The number of hydrogen-bond donors (Lipinski definition) is 0. The molecular formula is C8H7BrN2S3. The van der Waals surface area contributed by atoms with Gasteiger partial charge in [0.05, 0.1) is 0 Å². The molecule has 0 aliphatic heterocycles. The number of nitrogens with zero attached hydrogens (tertiary/aromatic N) is 2. The Kier molecular flexibility index (Phi) is 3.59. The molecule has 0 unspecified atom stereocenters. The van der Waals surface area contributed by atoms with E-state index in [1.54, 1.807) is 34.4 Å². The van der Waals surface area contributed by atoms with Gasteiger partial charge in [0.15, 0.2) is 4.34 Å². The van der Waals surface area contributed by atoms with Gasteiger partial charge in [-0.25, -0.2) is 0 Å².